The van der Waals surface area contributed by atoms with Crippen molar-refractivity contribution in [2.75, 3.05) is 5.32 Å². The Morgan fingerprint density at radius 3 is 2.52 bits per heavy atom. The van der Waals surface area contributed by atoms with E-state index in [-0.39, 0.29) is 23.7 Å². The second-order valence-electron chi connectivity index (χ2n) is 5.21. The molecule has 0 unspecified atom stereocenters. The number of halogens is 2. The van der Waals surface area contributed by atoms with Crippen molar-refractivity contribution in [3.63, 3.8) is 0 Å². The molecule has 1 aromatic heterocycles. The molecule has 6 heteroatoms. The van der Waals surface area contributed by atoms with Crippen LogP contribution in [0.1, 0.15) is 31.7 Å². The van der Waals surface area contributed by atoms with Crippen molar-refractivity contribution in [3.05, 3.63) is 62.5 Å². The van der Waals surface area contributed by atoms with Crippen molar-refractivity contribution >= 4 is 34.8 Å². The van der Waals surface area contributed by atoms with E-state index in [0.717, 1.165) is 12.8 Å². The van der Waals surface area contributed by atoms with Gasteiger partial charge in [0.1, 0.15) is 5.69 Å². The van der Waals surface area contributed by atoms with Crippen LogP contribution in [0.5, 0.6) is 0 Å². The van der Waals surface area contributed by atoms with Gasteiger partial charge in [0.2, 0.25) is 5.91 Å². The first-order chi connectivity index (χ1) is 11.0. The minimum Gasteiger partial charge on any atom is -0.321 e. The summed E-state index contributed by atoms with van der Waals surface area (Å²) in [5.41, 5.74) is 0.650. The van der Waals surface area contributed by atoms with E-state index in [1.807, 2.05) is 6.92 Å². The zero-order valence-corrected chi connectivity index (χ0v) is 14.3. The number of unbranched alkanes of at least 4 members (excludes halogenated alkanes) is 1. The molecule has 23 heavy (non-hydrogen) atoms. The summed E-state index contributed by atoms with van der Waals surface area (Å²) >= 11 is 12.3. The SMILES string of the molecule is CCCCC(=O)Nc1cccn(Cc2c(Cl)cccc2Cl)c1=O. The summed E-state index contributed by atoms with van der Waals surface area (Å²) in [6.07, 6.45) is 3.77. The van der Waals surface area contributed by atoms with Crippen LogP contribution in [-0.2, 0) is 11.3 Å². The quantitative estimate of drug-likeness (QED) is 0.840. The number of amides is 1. The Labute approximate surface area is 145 Å². The average Bonchev–Trinajstić information content (AvgIpc) is 2.52. The smallest absolute Gasteiger partial charge is 0.274 e. The molecule has 1 amide bonds. The monoisotopic (exact) mass is 352 g/mol. The number of rotatable bonds is 6. The van der Waals surface area contributed by atoms with Gasteiger partial charge in [0.05, 0.1) is 6.54 Å². The normalized spacial score (nSPS) is 10.6. The van der Waals surface area contributed by atoms with Gasteiger partial charge < -0.3 is 9.88 Å². The van der Waals surface area contributed by atoms with Gasteiger partial charge >= 0.3 is 0 Å². The number of hydrogen-bond donors (Lipinski definition) is 1. The molecular formula is C17H18Cl2N2O2. The van der Waals surface area contributed by atoms with E-state index in [1.165, 1.54) is 4.57 Å². The van der Waals surface area contributed by atoms with Crippen LogP contribution in [0, 0.1) is 0 Å². The number of pyridine rings is 1. The number of carbonyl (C=O) groups excluding carboxylic acids is 1. The molecule has 1 heterocycles. The Hall–Kier alpha value is -1.78. The molecule has 0 atom stereocenters. The predicted octanol–water partition coefficient (Wildman–Crippen LogP) is 4.33. The Bertz CT molecular complexity index is 736. The molecule has 0 radical (unpaired) electrons. The van der Waals surface area contributed by atoms with Crippen LogP contribution in [0.15, 0.2) is 41.3 Å². The fourth-order valence-corrected chi connectivity index (χ4v) is 2.68. The summed E-state index contributed by atoms with van der Waals surface area (Å²) < 4.78 is 1.47. The van der Waals surface area contributed by atoms with Gasteiger partial charge in [-0.2, -0.15) is 0 Å². The van der Waals surface area contributed by atoms with E-state index in [9.17, 15) is 9.59 Å². The van der Waals surface area contributed by atoms with Crippen LogP contribution in [0.2, 0.25) is 10.0 Å². The number of carbonyl (C=O) groups is 1. The molecule has 0 bridgehead atoms. The Morgan fingerprint density at radius 1 is 1.17 bits per heavy atom. The van der Waals surface area contributed by atoms with Gasteiger partial charge in [0, 0.05) is 28.2 Å². The standard InChI is InChI=1S/C17H18Cl2N2O2/c1-2-3-9-16(22)20-15-8-5-10-21(17(15)23)11-12-13(18)6-4-7-14(12)19/h4-8,10H,2-3,9,11H2,1H3,(H,20,22). The maximum Gasteiger partial charge on any atom is 0.274 e. The molecule has 122 valence electrons. The number of nitrogens with one attached hydrogen (secondary N) is 1. The lowest BCUT2D eigenvalue weighted by molar-refractivity contribution is -0.116. The highest BCUT2D eigenvalue weighted by Gasteiger charge is 2.10. The number of aromatic nitrogens is 1. The molecule has 0 aliphatic heterocycles. The third-order valence-electron chi connectivity index (χ3n) is 3.44. The van der Waals surface area contributed by atoms with Gasteiger partial charge in [-0.1, -0.05) is 42.6 Å². The van der Waals surface area contributed by atoms with Crippen LogP contribution in [-0.4, -0.2) is 10.5 Å². The maximum absolute atomic E-state index is 12.5. The lowest BCUT2D eigenvalue weighted by atomic mass is 10.2. The van der Waals surface area contributed by atoms with Gasteiger partial charge in [-0.25, -0.2) is 0 Å². The first kappa shape index (κ1) is 17.6. The molecule has 0 saturated heterocycles. The summed E-state index contributed by atoms with van der Waals surface area (Å²) in [4.78, 5) is 24.3. The number of anilines is 1. The van der Waals surface area contributed by atoms with Gasteiger partial charge in [-0.3, -0.25) is 9.59 Å². The second kappa shape index (κ2) is 8.18. The van der Waals surface area contributed by atoms with Crippen molar-refractivity contribution in [1.82, 2.24) is 4.57 Å². The van der Waals surface area contributed by atoms with E-state index in [1.54, 1.807) is 36.5 Å². The highest BCUT2D eigenvalue weighted by atomic mass is 35.5. The Balaban J connectivity index is 2.23. The molecule has 0 fully saturated rings. The van der Waals surface area contributed by atoms with E-state index >= 15 is 0 Å². The molecule has 2 aromatic rings. The number of hydrogen-bond acceptors (Lipinski definition) is 2. The molecule has 0 aliphatic carbocycles. The van der Waals surface area contributed by atoms with E-state index in [0.29, 0.717) is 22.0 Å². The molecular weight excluding hydrogens is 335 g/mol. The fourth-order valence-electron chi connectivity index (χ4n) is 2.16. The topological polar surface area (TPSA) is 51.1 Å². The van der Waals surface area contributed by atoms with Gasteiger partial charge in [0.25, 0.3) is 5.56 Å². The van der Waals surface area contributed by atoms with Gasteiger partial charge in [-0.05, 0) is 30.7 Å². The fraction of sp³-hybridized carbons (Fsp3) is 0.294. The molecule has 0 spiro atoms. The summed E-state index contributed by atoms with van der Waals surface area (Å²) in [5.74, 6) is -0.155. The third-order valence-corrected chi connectivity index (χ3v) is 4.15. The molecule has 4 nitrogen and oxygen atoms in total. The third kappa shape index (κ3) is 4.60. The Morgan fingerprint density at radius 2 is 1.87 bits per heavy atom. The first-order valence-electron chi connectivity index (χ1n) is 7.45. The van der Waals surface area contributed by atoms with Gasteiger partial charge in [0.15, 0.2) is 0 Å². The second-order valence-corrected chi connectivity index (χ2v) is 6.02. The summed E-state index contributed by atoms with van der Waals surface area (Å²) in [6, 6.07) is 8.51. The van der Waals surface area contributed by atoms with E-state index in [2.05, 4.69) is 5.32 Å². The largest absolute Gasteiger partial charge is 0.321 e. The van der Waals surface area contributed by atoms with Crippen LogP contribution in [0.4, 0.5) is 5.69 Å². The zero-order valence-electron chi connectivity index (χ0n) is 12.8. The van der Waals surface area contributed by atoms with Crippen LogP contribution in [0.25, 0.3) is 0 Å². The first-order valence-corrected chi connectivity index (χ1v) is 8.20. The summed E-state index contributed by atoms with van der Waals surface area (Å²) in [7, 11) is 0. The average molecular weight is 353 g/mol. The van der Waals surface area contributed by atoms with Gasteiger partial charge in [-0.15, -0.1) is 0 Å². The molecule has 1 N–H and O–H groups in total. The van der Waals surface area contributed by atoms with Crippen molar-refractivity contribution < 1.29 is 4.79 Å². The molecule has 0 saturated carbocycles. The van der Waals surface area contributed by atoms with Crippen LogP contribution < -0.4 is 10.9 Å². The van der Waals surface area contributed by atoms with Crippen molar-refractivity contribution in [3.8, 4) is 0 Å². The summed E-state index contributed by atoms with van der Waals surface area (Å²) in [5, 5.41) is 3.67. The maximum atomic E-state index is 12.5. The van der Waals surface area contributed by atoms with Crippen molar-refractivity contribution in [2.24, 2.45) is 0 Å². The Kier molecular flexibility index (Phi) is 6.25. The van der Waals surface area contributed by atoms with Crippen molar-refractivity contribution in [1.29, 1.82) is 0 Å². The van der Waals surface area contributed by atoms with E-state index in [4.69, 9.17) is 23.2 Å². The minimum absolute atomic E-state index is 0.155. The highest BCUT2D eigenvalue weighted by molar-refractivity contribution is 6.35. The molecule has 1 aromatic carbocycles. The van der Waals surface area contributed by atoms with Crippen LogP contribution >= 0.6 is 23.2 Å². The van der Waals surface area contributed by atoms with Crippen LogP contribution in [0.3, 0.4) is 0 Å². The molecule has 2 rings (SSSR count). The lowest BCUT2D eigenvalue weighted by Crippen LogP contribution is -2.25. The van der Waals surface area contributed by atoms with Crippen molar-refractivity contribution in [2.45, 2.75) is 32.7 Å². The highest BCUT2D eigenvalue weighted by Crippen LogP contribution is 2.24. The van der Waals surface area contributed by atoms with E-state index < -0.39 is 0 Å². The number of benzene rings is 1. The predicted molar refractivity (Wildman–Crippen MR) is 94.4 cm³/mol. The summed E-state index contributed by atoms with van der Waals surface area (Å²) in [6.45, 7) is 2.26. The lowest BCUT2D eigenvalue weighted by Gasteiger charge is -2.11. The minimum atomic E-state index is -0.284. The zero-order chi connectivity index (χ0) is 16.8. The molecule has 0 aliphatic rings. The number of nitrogens with zero attached hydrogens (tertiary/aromatic N) is 1.